The molecule has 8 atom stereocenters. The zero-order valence-electron chi connectivity index (χ0n) is 25.2. The second-order valence-electron chi connectivity index (χ2n) is 14.9. The Morgan fingerprint density at radius 1 is 0.730 bits per heavy atom. The maximum absolute atomic E-state index is 11.3. The summed E-state index contributed by atoms with van der Waals surface area (Å²) in [6, 6.07) is 1.33. The number of esters is 2. The molecular formula is C31H56N2O4+2. The van der Waals surface area contributed by atoms with Crippen molar-refractivity contribution in [1.82, 2.24) is 0 Å². The van der Waals surface area contributed by atoms with E-state index in [-0.39, 0.29) is 11.9 Å². The zero-order chi connectivity index (χ0) is 27.2. The minimum Gasteiger partial charge on any atom is -0.460 e. The van der Waals surface area contributed by atoms with Crippen molar-refractivity contribution in [3.8, 4) is 0 Å². The molecule has 8 unspecified atom stereocenters. The summed E-state index contributed by atoms with van der Waals surface area (Å²) in [5.74, 6) is 3.09. The minimum absolute atomic E-state index is 0.165. The van der Waals surface area contributed by atoms with Gasteiger partial charge in [-0.05, 0) is 74.0 Å². The first-order valence-electron chi connectivity index (χ1n) is 15.1. The Bertz CT molecular complexity index is 856. The molecule has 0 heterocycles. The lowest BCUT2D eigenvalue weighted by atomic mass is 9.44. The monoisotopic (exact) mass is 520 g/mol. The van der Waals surface area contributed by atoms with Crippen LogP contribution >= 0.6 is 0 Å². The Balaban J connectivity index is 1.42. The largest absolute Gasteiger partial charge is 0.460 e. The van der Waals surface area contributed by atoms with Crippen LogP contribution in [0.25, 0.3) is 0 Å². The highest BCUT2D eigenvalue weighted by Crippen LogP contribution is 2.67. The van der Waals surface area contributed by atoms with Crippen molar-refractivity contribution in [3.05, 3.63) is 0 Å². The normalized spacial score (nSPS) is 39.8. The van der Waals surface area contributed by atoms with Crippen LogP contribution in [0.4, 0.5) is 0 Å². The lowest BCUT2D eigenvalue weighted by molar-refractivity contribution is -0.922. The second kappa shape index (κ2) is 10.4. The Labute approximate surface area is 226 Å². The molecule has 0 aromatic carbocycles. The van der Waals surface area contributed by atoms with Gasteiger partial charge in [0.25, 0.3) is 0 Å². The lowest BCUT2D eigenvalue weighted by Gasteiger charge is -2.62. The Hall–Kier alpha value is -1.14. The summed E-state index contributed by atoms with van der Waals surface area (Å²) in [4.78, 5) is 22.6. The zero-order valence-corrected chi connectivity index (χ0v) is 25.2. The third-order valence-electron chi connectivity index (χ3n) is 12.4. The maximum atomic E-state index is 11.3. The first-order valence-corrected chi connectivity index (χ1v) is 15.1. The predicted octanol–water partition coefficient (Wildman–Crippen LogP) is 5.05. The summed E-state index contributed by atoms with van der Waals surface area (Å²) in [5.41, 5.74) is 0.880. The summed E-state index contributed by atoms with van der Waals surface area (Å²) in [6.45, 7) is 11.2. The van der Waals surface area contributed by atoms with Gasteiger partial charge in [-0.1, -0.05) is 13.8 Å². The van der Waals surface area contributed by atoms with E-state index in [1.165, 1.54) is 71.6 Å². The minimum atomic E-state index is -0.167. The highest BCUT2D eigenvalue weighted by molar-refractivity contribution is 5.66. The van der Waals surface area contributed by atoms with E-state index in [0.29, 0.717) is 36.1 Å². The fourth-order valence-corrected chi connectivity index (χ4v) is 10.2. The van der Waals surface area contributed by atoms with Crippen LogP contribution in [0.1, 0.15) is 85.5 Å². The van der Waals surface area contributed by atoms with E-state index in [1.807, 2.05) is 0 Å². The highest BCUT2D eigenvalue weighted by atomic mass is 16.5. The Morgan fingerprint density at radius 2 is 1.30 bits per heavy atom. The van der Waals surface area contributed by atoms with Crippen LogP contribution in [0.3, 0.4) is 0 Å². The van der Waals surface area contributed by atoms with Crippen LogP contribution in [-0.2, 0) is 19.1 Å². The number of rotatable bonds is 8. The molecule has 0 radical (unpaired) electrons. The second-order valence-corrected chi connectivity index (χ2v) is 14.9. The highest BCUT2D eigenvalue weighted by Gasteiger charge is 2.63. The number of quaternary nitrogens is 2. The van der Waals surface area contributed by atoms with Crippen molar-refractivity contribution in [3.63, 3.8) is 0 Å². The van der Waals surface area contributed by atoms with E-state index in [4.69, 9.17) is 9.47 Å². The molecule has 0 bridgehead atoms. The molecule has 0 aliphatic heterocycles. The predicted molar refractivity (Wildman–Crippen MR) is 147 cm³/mol. The summed E-state index contributed by atoms with van der Waals surface area (Å²) >= 11 is 0. The fraction of sp³-hybridized carbons (Fsp3) is 0.935. The summed E-state index contributed by atoms with van der Waals surface area (Å²) in [7, 11) is 9.42. The van der Waals surface area contributed by atoms with E-state index in [2.05, 4.69) is 42.0 Å². The van der Waals surface area contributed by atoms with Crippen molar-refractivity contribution >= 4 is 11.9 Å². The van der Waals surface area contributed by atoms with Crippen molar-refractivity contribution in [2.45, 2.75) is 97.6 Å². The van der Waals surface area contributed by atoms with E-state index >= 15 is 0 Å². The van der Waals surface area contributed by atoms with Crippen molar-refractivity contribution in [2.75, 3.05) is 54.5 Å². The molecule has 4 aliphatic rings. The number of likely N-dealkylation sites (N-methyl/N-ethyl adjacent to an activating group) is 2. The molecule has 0 spiro atoms. The third kappa shape index (κ3) is 5.48. The van der Waals surface area contributed by atoms with Crippen LogP contribution in [0, 0.1) is 34.5 Å². The van der Waals surface area contributed by atoms with E-state index < -0.39 is 0 Å². The molecule has 0 aromatic rings. The van der Waals surface area contributed by atoms with Crippen LogP contribution in [0.5, 0.6) is 0 Å². The van der Waals surface area contributed by atoms with Gasteiger partial charge < -0.3 is 18.4 Å². The fourth-order valence-electron chi connectivity index (χ4n) is 10.2. The quantitative estimate of drug-likeness (QED) is 0.332. The molecule has 4 fully saturated rings. The van der Waals surface area contributed by atoms with Gasteiger partial charge in [0.05, 0.1) is 40.3 Å². The van der Waals surface area contributed by atoms with Gasteiger partial charge in [-0.2, -0.15) is 0 Å². The molecule has 4 saturated carbocycles. The topological polar surface area (TPSA) is 52.6 Å². The van der Waals surface area contributed by atoms with Gasteiger partial charge in [0.2, 0.25) is 0 Å². The number of ether oxygens (including phenoxy) is 2. The summed E-state index contributed by atoms with van der Waals surface area (Å²) in [5, 5.41) is 0. The average molecular weight is 521 g/mol. The standard InChI is InChI=1S/C31H56N2O4/c1-22(34)36-19-17-32(5,6)25-13-15-30(3)24(21-25)9-10-26-27-11-12-29(31(27,4)16-14-28(26)30)33(7,8)18-20-37-23(2)35/h24-29H,9-21H2,1-8H3/q+2. The number of fused-ring (bicyclic) bond motifs is 5. The summed E-state index contributed by atoms with van der Waals surface area (Å²) < 4.78 is 12.6. The van der Waals surface area contributed by atoms with Crippen LogP contribution < -0.4 is 0 Å². The van der Waals surface area contributed by atoms with Gasteiger partial charge in [-0.25, -0.2) is 0 Å². The van der Waals surface area contributed by atoms with Gasteiger partial charge in [-0.3, -0.25) is 9.59 Å². The van der Waals surface area contributed by atoms with Crippen LogP contribution in [0.15, 0.2) is 0 Å². The Morgan fingerprint density at radius 3 is 1.92 bits per heavy atom. The van der Waals surface area contributed by atoms with Crippen LogP contribution in [0.2, 0.25) is 0 Å². The first kappa shape index (κ1) is 28.9. The lowest BCUT2D eigenvalue weighted by Crippen LogP contribution is -2.61. The van der Waals surface area contributed by atoms with Gasteiger partial charge in [-0.15, -0.1) is 0 Å². The molecule has 0 N–H and O–H groups in total. The third-order valence-corrected chi connectivity index (χ3v) is 12.4. The number of carbonyl (C=O) groups excluding carboxylic acids is 2. The van der Waals surface area contributed by atoms with Crippen molar-refractivity contribution in [2.24, 2.45) is 34.5 Å². The van der Waals surface area contributed by atoms with Gasteiger partial charge >= 0.3 is 11.9 Å². The number of hydrogen-bond donors (Lipinski definition) is 0. The molecular weight excluding hydrogens is 464 g/mol. The summed E-state index contributed by atoms with van der Waals surface area (Å²) in [6.07, 6.45) is 12.2. The molecule has 4 rings (SSSR count). The molecule has 0 amide bonds. The van der Waals surface area contributed by atoms with E-state index in [0.717, 1.165) is 45.7 Å². The molecule has 212 valence electrons. The smallest absolute Gasteiger partial charge is 0.302 e. The number of hydrogen-bond acceptors (Lipinski definition) is 4. The van der Waals surface area contributed by atoms with Crippen molar-refractivity contribution < 1.29 is 28.0 Å². The molecule has 0 saturated heterocycles. The molecule has 0 aromatic heterocycles. The van der Waals surface area contributed by atoms with Gasteiger partial charge in [0.1, 0.15) is 26.3 Å². The molecule has 37 heavy (non-hydrogen) atoms. The van der Waals surface area contributed by atoms with E-state index in [9.17, 15) is 9.59 Å². The van der Waals surface area contributed by atoms with E-state index in [1.54, 1.807) is 0 Å². The van der Waals surface area contributed by atoms with Crippen LogP contribution in [-0.4, -0.2) is 87.5 Å². The maximum Gasteiger partial charge on any atom is 0.302 e. The van der Waals surface area contributed by atoms with Crippen molar-refractivity contribution in [1.29, 1.82) is 0 Å². The molecule has 6 heteroatoms. The van der Waals surface area contributed by atoms with Gasteiger partial charge in [0.15, 0.2) is 0 Å². The number of nitrogens with zero attached hydrogens (tertiary/aromatic N) is 2. The number of carbonyl (C=O) groups is 2. The molecule has 4 aliphatic carbocycles. The Kier molecular flexibility index (Phi) is 8.15. The average Bonchev–Trinajstić information content (AvgIpc) is 3.16. The SMILES string of the molecule is CC(=O)OCC[N+](C)(C)C1CCC2(C)C(CCC3C2CCC2(C)C3CCC2[N+](C)(C)CCOC(C)=O)C1. The first-order chi connectivity index (χ1) is 17.2. The molecule has 6 nitrogen and oxygen atoms in total. The van der Waals surface area contributed by atoms with Gasteiger partial charge in [0, 0.05) is 32.1 Å².